The number of aromatic nitrogens is 2. The lowest BCUT2D eigenvalue weighted by Crippen LogP contribution is -2.44. The summed E-state index contributed by atoms with van der Waals surface area (Å²) in [5, 5.41) is 10.4. The molecule has 0 bridgehead atoms. The summed E-state index contributed by atoms with van der Waals surface area (Å²) in [5.74, 6) is 5.17. The number of nitrogens with two attached hydrogens (primary N) is 1. The van der Waals surface area contributed by atoms with Crippen LogP contribution in [-0.4, -0.2) is 33.0 Å². The summed E-state index contributed by atoms with van der Waals surface area (Å²) in [6, 6.07) is 1.19. The zero-order valence-corrected chi connectivity index (χ0v) is 17.1. The van der Waals surface area contributed by atoms with E-state index in [1.165, 1.54) is 6.07 Å². The smallest absolute Gasteiger partial charge is 0.350 e. The average molecular weight is 413 g/mol. The fourth-order valence-corrected chi connectivity index (χ4v) is 4.26. The minimum atomic E-state index is -0.848. The van der Waals surface area contributed by atoms with E-state index in [2.05, 4.69) is 0 Å². The first-order chi connectivity index (χ1) is 12.6. The summed E-state index contributed by atoms with van der Waals surface area (Å²) in [6.45, 7) is 6.41. The number of hydrogen-bond donors (Lipinski definition) is 2. The first-order valence-corrected chi connectivity index (χ1v) is 9.34. The molecule has 2 fully saturated rings. The summed E-state index contributed by atoms with van der Waals surface area (Å²) in [7, 11) is 0. The molecule has 154 valence electrons. The van der Waals surface area contributed by atoms with Gasteiger partial charge in [-0.05, 0) is 46.1 Å². The second-order valence-electron chi connectivity index (χ2n) is 8.37. The molecule has 1 unspecified atom stereocenters. The molecule has 1 aliphatic heterocycles. The first-order valence-electron chi connectivity index (χ1n) is 9.34. The van der Waals surface area contributed by atoms with Crippen LogP contribution in [0, 0.1) is 18.7 Å². The highest BCUT2D eigenvalue weighted by atomic mass is 35.5. The number of nitrogen functional groups attached to an aromatic ring is 1. The van der Waals surface area contributed by atoms with Crippen LogP contribution in [0.3, 0.4) is 0 Å². The highest BCUT2D eigenvalue weighted by molar-refractivity contribution is 5.87. The van der Waals surface area contributed by atoms with Gasteiger partial charge in [-0.1, -0.05) is 0 Å². The Labute approximate surface area is 167 Å². The van der Waals surface area contributed by atoms with Crippen LogP contribution in [0.15, 0.2) is 15.7 Å². The Morgan fingerprint density at radius 2 is 1.89 bits per heavy atom. The quantitative estimate of drug-likeness (QED) is 0.748. The molecule has 1 aromatic heterocycles. The summed E-state index contributed by atoms with van der Waals surface area (Å²) in [6.07, 6.45) is 2.42. The fraction of sp³-hybridized carbons (Fsp3) is 0.579. The molecule has 28 heavy (non-hydrogen) atoms. The summed E-state index contributed by atoms with van der Waals surface area (Å²) < 4.78 is 17.1. The standard InChI is InChI=1S/C19H25FN4O3.ClH/c1-10-15-13(17(25)24(21)18(26)23(15)12-4-5-12)8-14(20)16(10)22-7-6-11(9-22)19(2,3)27;/h8,11-12,27H,4-7,9,21H2,1-3H3;1H. The summed E-state index contributed by atoms with van der Waals surface area (Å²) >= 11 is 0. The number of benzene rings is 1. The maximum atomic E-state index is 15.0. The molecule has 0 amide bonds. The van der Waals surface area contributed by atoms with Crippen molar-refractivity contribution in [3.05, 3.63) is 38.3 Å². The van der Waals surface area contributed by atoms with Crippen molar-refractivity contribution in [1.82, 2.24) is 9.24 Å². The Morgan fingerprint density at radius 1 is 1.25 bits per heavy atom. The van der Waals surface area contributed by atoms with Crippen molar-refractivity contribution < 1.29 is 9.50 Å². The Bertz CT molecular complexity index is 1050. The Morgan fingerprint density at radius 3 is 2.43 bits per heavy atom. The van der Waals surface area contributed by atoms with Crippen LogP contribution in [0.4, 0.5) is 10.1 Å². The molecule has 1 saturated heterocycles. The Hall–Kier alpha value is -2.06. The van der Waals surface area contributed by atoms with Crippen molar-refractivity contribution in [2.24, 2.45) is 5.92 Å². The van der Waals surface area contributed by atoms with E-state index in [1.54, 1.807) is 25.3 Å². The van der Waals surface area contributed by atoms with Crippen molar-refractivity contribution in [3.63, 3.8) is 0 Å². The van der Waals surface area contributed by atoms with E-state index in [9.17, 15) is 14.7 Å². The minimum Gasteiger partial charge on any atom is -0.390 e. The van der Waals surface area contributed by atoms with E-state index in [1.807, 2.05) is 4.90 Å². The lowest BCUT2D eigenvalue weighted by atomic mass is 9.90. The highest BCUT2D eigenvalue weighted by Crippen LogP contribution is 2.40. The molecule has 1 aliphatic carbocycles. The van der Waals surface area contributed by atoms with Crippen LogP contribution in [0.25, 0.3) is 10.9 Å². The van der Waals surface area contributed by atoms with Crippen LogP contribution in [0.5, 0.6) is 0 Å². The second-order valence-corrected chi connectivity index (χ2v) is 8.37. The van der Waals surface area contributed by atoms with E-state index in [0.717, 1.165) is 19.3 Å². The van der Waals surface area contributed by atoms with E-state index in [-0.39, 0.29) is 29.8 Å². The maximum Gasteiger partial charge on any atom is 0.350 e. The van der Waals surface area contributed by atoms with E-state index >= 15 is 4.39 Å². The second kappa shape index (κ2) is 6.77. The van der Waals surface area contributed by atoms with Crippen LogP contribution in [0.2, 0.25) is 0 Å². The van der Waals surface area contributed by atoms with Gasteiger partial charge in [0, 0.05) is 30.6 Å². The Kier molecular flexibility index (Phi) is 5.00. The van der Waals surface area contributed by atoms with E-state index < -0.39 is 22.7 Å². The molecule has 4 rings (SSSR count). The van der Waals surface area contributed by atoms with Crippen LogP contribution in [0.1, 0.15) is 44.7 Å². The third-order valence-corrected chi connectivity index (χ3v) is 5.98. The van der Waals surface area contributed by atoms with Crippen molar-refractivity contribution in [2.45, 2.75) is 51.7 Å². The molecular formula is C19H26ClFN4O3. The zero-order chi connectivity index (χ0) is 19.7. The predicted octanol–water partition coefficient (Wildman–Crippen LogP) is 1.68. The number of aliphatic hydroxyl groups is 1. The van der Waals surface area contributed by atoms with Gasteiger partial charge in [-0.25, -0.2) is 9.18 Å². The fourth-order valence-electron chi connectivity index (χ4n) is 4.26. The zero-order valence-electron chi connectivity index (χ0n) is 16.2. The molecule has 1 saturated carbocycles. The molecule has 1 aromatic carbocycles. The van der Waals surface area contributed by atoms with Crippen LogP contribution < -0.4 is 22.0 Å². The van der Waals surface area contributed by atoms with Gasteiger partial charge < -0.3 is 15.8 Å². The number of nitrogens with zero attached hydrogens (tertiary/aromatic N) is 3. The van der Waals surface area contributed by atoms with Gasteiger partial charge in [0.2, 0.25) is 0 Å². The maximum absolute atomic E-state index is 15.0. The number of aryl methyl sites for hydroxylation is 1. The number of anilines is 1. The van der Waals surface area contributed by atoms with E-state index in [0.29, 0.717) is 34.5 Å². The molecular weight excluding hydrogens is 387 g/mol. The molecule has 2 heterocycles. The summed E-state index contributed by atoms with van der Waals surface area (Å²) in [4.78, 5) is 27.0. The largest absolute Gasteiger partial charge is 0.390 e. The molecule has 1 atom stereocenters. The van der Waals surface area contributed by atoms with Crippen LogP contribution >= 0.6 is 12.4 Å². The van der Waals surface area contributed by atoms with Crippen molar-refractivity contribution in [3.8, 4) is 0 Å². The molecule has 9 heteroatoms. The normalized spacial score (nSPS) is 19.9. The van der Waals surface area contributed by atoms with Gasteiger partial charge in [-0.3, -0.25) is 9.36 Å². The summed E-state index contributed by atoms with van der Waals surface area (Å²) in [5.41, 5.74) is -0.653. The molecule has 7 nitrogen and oxygen atoms in total. The molecule has 2 aromatic rings. The molecule has 2 aliphatic rings. The molecule has 3 N–H and O–H groups in total. The van der Waals surface area contributed by atoms with Gasteiger partial charge in [0.15, 0.2) is 0 Å². The number of rotatable bonds is 3. The Balaban J connectivity index is 0.00000225. The topological polar surface area (TPSA) is 93.5 Å². The first kappa shape index (κ1) is 20.7. The van der Waals surface area contributed by atoms with E-state index in [4.69, 9.17) is 5.84 Å². The van der Waals surface area contributed by atoms with Gasteiger partial charge in [-0.15, -0.1) is 12.4 Å². The van der Waals surface area contributed by atoms with Gasteiger partial charge >= 0.3 is 5.69 Å². The predicted molar refractivity (Wildman–Crippen MR) is 109 cm³/mol. The van der Waals surface area contributed by atoms with Crippen molar-refractivity contribution in [2.75, 3.05) is 23.8 Å². The lowest BCUT2D eigenvalue weighted by Gasteiger charge is -2.27. The average Bonchev–Trinajstić information content (AvgIpc) is 3.29. The number of hydrogen-bond acceptors (Lipinski definition) is 5. The van der Waals surface area contributed by atoms with Crippen molar-refractivity contribution in [1.29, 1.82) is 0 Å². The SMILES string of the molecule is Cc1c(N2CCC(C(C)(C)O)C2)c(F)cc2c(=O)n(N)c(=O)n(C3CC3)c12.Cl. The third-order valence-electron chi connectivity index (χ3n) is 5.98. The lowest BCUT2D eigenvalue weighted by molar-refractivity contribution is 0.0263. The molecule has 0 spiro atoms. The monoisotopic (exact) mass is 412 g/mol. The number of halogens is 2. The van der Waals surface area contributed by atoms with Gasteiger partial charge in [0.1, 0.15) is 5.82 Å². The highest BCUT2D eigenvalue weighted by Gasteiger charge is 2.36. The molecule has 0 radical (unpaired) electrons. The van der Waals surface area contributed by atoms with Crippen molar-refractivity contribution >= 4 is 29.0 Å². The van der Waals surface area contributed by atoms with Gasteiger partial charge in [-0.2, -0.15) is 4.68 Å². The third kappa shape index (κ3) is 3.08. The van der Waals surface area contributed by atoms with Gasteiger partial charge in [0.05, 0.1) is 22.2 Å². The number of fused-ring (bicyclic) bond motifs is 1. The minimum absolute atomic E-state index is 0. The van der Waals surface area contributed by atoms with Crippen LogP contribution in [-0.2, 0) is 0 Å². The van der Waals surface area contributed by atoms with Gasteiger partial charge in [0.25, 0.3) is 5.56 Å².